The molecule has 1 aliphatic carbocycles. The summed E-state index contributed by atoms with van der Waals surface area (Å²) >= 11 is 0. The number of hydrogen-bond acceptors (Lipinski definition) is 7. The van der Waals surface area contributed by atoms with Gasteiger partial charge in [0.1, 0.15) is 5.75 Å². The Hall–Kier alpha value is -2.80. The Balaban J connectivity index is 1.56. The number of nitrogens with zero attached hydrogens (tertiary/aromatic N) is 1. The SMILES string of the molecule is COc1cc(C2c3cc4c(cc3OC3(N5CCCC5)CCCC23)OCO4)cc(OC)c1OC. The Labute approximate surface area is 194 Å². The predicted molar refractivity (Wildman–Crippen MR) is 122 cm³/mol. The van der Waals surface area contributed by atoms with Crippen molar-refractivity contribution in [2.24, 2.45) is 5.92 Å². The van der Waals surface area contributed by atoms with Gasteiger partial charge in [-0.3, -0.25) is 4.90 Å². The summed E-state index contributed by atoms with van der Waals surface area (Å²) in [6.07, 6.45) is 5.72. The van der Waals surface area contributed by atoms with Crippen molar-refractivity contribution in [1.29, 1.82) is 0 Å². The minimum Gasteiger partial charge on any atom is -0.493 e. The largest absolute Gasteiger partial charge is 0.493 e. The van der Waals surface area contributed by atoms with E-state index in [0.29, 0.717) is 23.2 Å². The molecule has 176 valence electrons. The average molecular weight is 454 g/mol. The fourth-order valence-electron chi connectivity index (χ4n) is 6.46. The molecular formula is C26H31NO6. The minimum absolute atomic E-state index is 0.111. The maximum absolute atomic E-state index is 6.97. The standard InChI is InChI=1S/C26H31NO6/c1-28-22-11-16(12-23(29-2)25(22)30-3)24-17-13-20-21(32-15-31-20)14-19(17)33-26(8-6-7-18(24)26)27-9-4-5-10-27/h11-14,18,24H,4-10,15H2,1-3H3. The van der Waals surface area contributed by atoms with Gasteiger partial charge < -0.3 is 28.4 Å². The molecular weight excluding hydrogens is 422 g/mol. The van der Waals surface area contributed by atoms with Crippen LogP contribution in [0, 0.1) is 5.92 Å². The third-order valence-corrected chi connectivity index (χ3v) is 7.85. The van der Waals surface area contributed by atoms with E-state index in [-0.39, 0.29) is 18.4 Å². The lowest BCUT2D eigenvalue weighted by atomic mass is 9.73. The first-order valence-corrected chi connectivity index (χ1v) is 11.9. The Morgan fingerprint density at radius 3 is 2.21 bits per heavy atom. The van der Waals surface area contributed by atoms with E-state index in [9.17, 15) is 0 Å². The number of benzene rings is 2. The molecule has 3 aliphatic heterocycles. The van der Waals surface area contributed by atoms with Gasteiger partial charge in [0, 0.05) is 43.0 Å². The lowest BCUT2D eigenvalue weighted by Crippen LogP contribution is -2.58. The summed E-state index contributed by atoms with van der Waals surface area (Å²) in [5.41, 5.74) is 1.97. The second-order valence-electron chi connectivity index (χ2n) is 9.32. The summed E-state index contributed by atoms with van der Waals surface area (Å²) in [5, 5.41) is 0. The number of fused-ring (bicyclic) bond motifs is 3. The smallest absolute Gasteiger partial charge is 0.231 e. The van der Waals surface area contributed by atoms with Crippen LogP contribution in [0.1, 0.15) is 49.1 Å². The van der Waals surface area contributed by atoms with Crippen LogP contribution in [0.5, 0.6) is 34.5 Å². The highest BCUT2D eigenvalue weighted by molar-refractivity contribution is 5.60. The van der Waals surface area contributed by atoms with Crippen LogP contribution < -0.4 is 28.4 Å². The molecule has 7 heteroatoms. The molecule has 6 rings (SSSR count). The monoisotopic (exact) mass is 453 g/mol. The molecule has 2 aromatic carbocycles. The molecule has 0 N–H and O–H groups in total. The molecule has 0 radical (unpaired) electrons. The first-order valence-electron chi connectivity index (χ1n) is 11.9. The highest BCUT2D eigenvalue weighted by atomic mass is 16.7. The Kier molecular flexibility index (Phi) is 4.98. The zero-order chi connectivity index (χ0) is 22.6. The first kappa shape index (κ1) is 20.8. The van der Waals surface area contributed by atoms with Crippen LogP contribution in [0.15, 0.2) is 24.3 Å². The molecule has 0 aromatic heterocycles. The highest BCUT2D eigenvalue weighted by Gasteiger charge is 2.57. The molecule has 7 nitrogen and oxygen atoms in total. The lowest BCUT2D eigenvalue weighted by molar-refractivity contribution is -0.117. The van der Waals surface area contributed by atoms with E-state index in [1.807, 2.05) is 6.07 Å². The normalized spacial score (nSPS) is 27.6. The Morgan fingerprint density at radius 2 is 1.55 bits per heavy atom. The van der Waals surface area contributed by atoms with E-state index in [4.69, 9.17) is 28.4 Å². The third kappa shape index (κ3) is 3.05. The summed E-state index contributed by atoms with van der Waals surface area (Å²) in [7, 11) is 4.97. The summed E-state index contributed by atoms with van der Waals surface area (Å²) in [5.74, 6) is 4.80. The molecule has 2 fully saturated rings. The predicted octanol–water partition coefficient (Wildman–Crippen LogP) is 4.56. The highest BCUT2D eigenvalue weighted by Crippen LogP contribution is 2.59. The first-order chi connectivity index (χ1) is 16.2. The van der Waals surface area contributed by atoms with Gasteiger partial charge in [-0.05, 0) is 49.4 Å². The van der Waals surface area contributed by atoms with Gasteiger partial charge in [0.05, 0.1) is 21.3 Å². The van der Waals surface area contributed by atoms with Crippen molar-refractivity contribution >= 4 is 0 Å². The quantitative estimate of drug-likeness (QED) is 0.658. The van der Waals surface area contributed by atoms with Crippen molar-refractivity contribution in [1.82, 2.24) is 4.90 Å². The molecule has 3 atom stereocenters. The summed E-state index contributed by atoms with van der Waals surface area (Å²) in [6, 6.07) is 8.32. The van der Waals surface area contributed by atoms with Crippen LogP contribution in [0.25, 0.3) is 0 Å². The van der Waals surface area contributed by atoms with E-state index in [1.165, 1.54) is 12.8 Å². The van der Waals surface area contributed by atoms with Gasteiger partial charge in [-0.25, -0.2) is 0 Å². The summed E-state index contributed by atoms with van der Waals surface area (Å²) < 4.78 is 35.5. The van der Waals surface area contributed by atoms with Crippen molar-refractivity contribution in [2.45, 2.75) is 43.7 Å². The van der Waals surface area contributed by atoms with Crippen molar-refractivity contribution < 1.29 is 28.4 Å². The van der Waals surface area contributed by atoms with E-state index in [1.54, 1.807) is 21.3 Å². The van der Waals surface area contributed by atoms with Gasteiger partial charge in [-0.15, -0.1) is 0 Å². The molecule has 4 aliphatic rings. The fraction of sp³-hybridized carbons (Fsp3) is 0.538. The zero-order valence-electron chi connectivity index (χ0n) is 19.5. The van der Waals surface area contributed by atoms with E-state index in [2.05, 4.69) is 23.1 Å². The molecule has 1 saturated carbocycles. The van der Waals surface area contributed by atoms with Crippen LogP contribution in [0.4, 0.5) is 0 Å². The van der Waals surface area contributed by atoms with Gasteiger partial charge in [0.15, 0.2) is 28.7 Å². The van der Waals surface area contributed by atoms with Crippen molar-refractivity contribution in [3.63, 3.8) is 0 Å². The average Bonchev–Trinajstić information content (AvgIpc) is 3.60. The van der Waals surface area contributed by atoms with Crippen LogP contribution in [0.3, 0.4) is 0 Å². The van der Waals surface area contributed by atoms with Crippen molar-refractivity contribution in [3.8, 4) is 34.5 Å². The zero-order valence-corrected chi connectivity index (χ0v) is 19.5. The molecule has 0 amide bonds. The van der Waals surface area contributed by atoms with Gasteiger partial charge >= 0.3 is 0 Å². The maximum atomic E-state index is 6.97. The van der Waals surface area contributed by atoms with E-state index in [0.717, 1.165) is 60.7 Å². The van der Waals surface area contributed by atoms with E-state index < -0.39 is 0 Å². The maximum Gasteiger partial charge on any atom is 0.231 e. The lowest BCUT2D eigenvalue weighted by Gasteiger charge is -2.50. The van der Waals surface area contributed by atoms with Crippen LogP contribution >= 0.6 is 0 Å². The number of likely N-dealkylation sites (tertiary alicyclic amines) is 1. The summed E-state index contributed by atoms with van der Waals surface area (Å²) in [4.78, 5) is 2.59. The second kappa shape index (κ2) is 7.90. The molecule has 2 aromatic rings. The van der Waals surface area contributed by atoms with Gasteiger partial charge in [0.2, 0.25) is 12.5 Å². The van der Waals surface area contributed by atoms with Crippen LogP contribution in [0.2, 0.25) is 0 Å². The molecule has 3 unspecified atom stereocenters. The molecule has 0 bridgehead atoms. The number of methoxy groups -OCH3 is 3. The van der Waals surface area contributed by atoms with Gasteiger partial charge in [0.25, 0.3) is 0 Å². The molecule has 1 saturated heterocycles. The number of hydrogen-bond donors (Lipinski definition) is 0. The van der Waals surface area contributed by atoms with Crippen molar-refractivity contribution in [2.75, 3.05) is 41.2 Å². The Morgan fingerprint density at radius 1 is 0.848 bits per heavy atom. The summed E-state index contributed by atoms with van der Waals surface area (Å²) in [6.45, 7) is 2.41. The fourth-order valence-corrected chi connectivity index (χ4v) is 6.46. The third-order valence-electron chi connectivity index (χ3n) is 7.85. The van der Waals surface area contributed by atoms with Crippen LogP contribution in [-0.2, 0) is 0 Å². The minimum atomic E-state index is -0.303. The Bertz CT molecular complexity index is 1040. The molecule has 33 heavy (non-hydrogen) atoms. The van der Waals surface area contributed by atoms with Gasteiger partial charge in [-0.2, -0.15) is 0 Å². The second-order valence-corrected chi connectivity index (χ2v) is 9.32. The van der Waals surface area contributed by atoms with Gasteiger partial charge in [-0.1, -0.05) is 0 Å². The van der Waals surface area contributed by atoms with Crippen molar-refractivity contribution in [3.05, 3.63) is 35.4 Å². The van der Waals surface area contributed by atoms with E-state index >= 15 is 0 Å². The number of ether oxygens (including phenoxy) is 6. The van der Waals surface area contributed by atoms with Crippen LogP contribution in [-0.4, -0.2) is 51.8 Å². The molecule has 0 spiro atoms. The number of rotatable bonds is 5. The molecule has 3 heterocycles. The topological polar surface area (TPSA) is 58.6 Å².